The van der Waals surface area contributed by atoms with Crippen molar-refractivity contribution < 1.29 is 28.5 Å². The maximum atomic E-state index is 12.4. The molecule has 10 heteroatoms. The number of esters is 1. The fourth-order valence-corrected chi connectivity index (χ4v) is 6.07. The molecule has 0 aliphatic carbocycles. The molecular weight excluding hydrogens is 590 g/mol. The molecule has 0 radical (unpaired) electrons. The van der Waals surface area contributed by atoms with Gasteiger partial charge in [0.05, 0.1) is 19.8 Å². The Balaban J connectivity index is 1.47. The van der Waals surface area contributed by atoms with E-state index in [0.717, 1.165) is 21.6 Å². The average molecular weight is 626 g/mol. The SMILES string of the molecule is [N-]=[N+]=NCC(=O)OC[C@H]1O[C@@H](Sc2ccccc2)[C@H](OCc2ccccc2)[C@@H](OCc2ccccc2)[C@@H]1OCc1ccccc1. The predicted octanol–water partition coefficient (Wildman–Crippen LogP) is 7.11. The van der Waals surface area contributed by atoms with Crippen LogP contribution in [0.2, 0.25) is 0 Å². The second-order valence-electron chi connectivity index (χ2n) is 10.3. The van der Waals surface area contributed by atoms with Gasteiger partial charge in [-0.25, -0.2) is 0 Å². The van der Waals surface area contributed by atoms with E-state index in [-0.39, 0.29) is 13.2 Å². The first-order valence-corrected chi connectivity index (χ1v) is 15.6. The van der Waals surface area contributed by atoms with Gasteiger partial charge in [-0.3, -0.25) is 4.79 Å². The Morgan fingerprint density at radius 3 is 1.67 bits per heavy atom. The predicted molar refractivity (Wildman–Crippen MR) is 171 cm³/mol. The molecular formula is C35H35N3O6S. The van der Waals surface area contributed by atoms with E-state index in [1.807, 2.05) is 121 Å². The monoisotopic (exact) mass is 625 g/mol. The van der Waals surface area contributed by atoms with Crippen LogP contribution in [0, 0.1) is 0 Å². The van der Waals surface area contributed by atoms with Crippen LogP contribution in [0.1, 0.15) is 16.7 Å². The topological polar surface area (TPSA) is 112 Å². The van der Waals surface area contributed by atoms with Crippen molar-refractivity contribution in [3.8, 4) is 0 Å². The second-order valence-corrected chi connectivity index (χ2v) is 11.5. The standard InChI is InChI=1S/C35H35N3O6S/c36-38-37-21-31(39)40-25-30-32(41-22-26-13-5-1-6-14-26)33(42-23-27-15-7-2-8-16-27)34(43-24-28-17-9-3-10-18-28)35(44-30)45-29-19-11-4-12-20-29/h1-20,30,32-35H,21-25H2/t30-,32-,33+,34-,35+/m1/s1. The van der Waals surface area contributed by atoms with Crippen molar-refractivity contribution in [2.75, 3.05) is 13.2 Å². The average Bonchev–Trinajstić information content (AvgIpc) is 3.09. The van der Waals surface area contributed by atoms with E-state index in [9.17, 15) is 4.79 Å². The summed E-state index contributed by atoms with van der Waals surface area (Å²) >= 11 is 1.51. The molecule has 4 aromatic rings. The van der Waals surface area contributed by atoms with E-state index in [2.05, 4.69) is 10.0 Å². The summed E-state index contributed by atoms with van der Waals surface area (Å²) in [6.45, 7) is 0.391. The van der Waals surface area contributed by atoms with Crippen LogP contribution in [0.5, 0.6) is 0 Å². The molecule has 0 unspecified atom stereocenters. The lowest BCUT2D eigenvalue weighted by Crippen LogP contribution is -2.60. The summed E-state index contributed by atoms with van der Waals surface area (Å²) in [4.78, 5) is 16.0. The number of hydrogen-bond acceptors (Lipinski definition) is 8. The molecule has 5 atom stereocenters. The number of hydrogen-bond donors (Lipinski definition) is 0. The molecule has 0 N–H and O–H groups in total. The number of carbonyl (C=O) groups is 1. The van der Waals surface area contributed by atoms with Crippen molar-refractivity contribution in [1.82, 2.24) is 0 Å². The van der Waals surface area contributed by atoms with Crippen molar-refractivity contribution >= 4 is 17.7 Å². The minimum absolute atomic E-state index is 0.123. The van der Waals surface area contributed by atoms with Crippen LogP contribution < -0.4 is 0 Å². The van der Waals surface area contributed by atoms with Gasteiger partial charge in [-0.15, -0.1) is 0 Å². The Bertz CT molecular complexity index is 1490. The van der Waals surface area contributed by atoms with Gasteiger partial charge in [0.15, 0.2) is 0 Å². The molecule has 1 heterocycles. The molecule has 1 aliphatic rings. The van der Waals surface area contributed by atoms with Crippen molar-refractivity contribution in [1.29, 1.82) is 0 Å². The summed E-state index contributed by atoms with van der Waals surface area (Å²) in [5.74, 6) is -0.658. The highest BCUT2D eigenvalue weighted by molar-refractivity contribution is 7.99. The number of rotatable bonds is 15. The fraction of sp³-hybridized carbons (Fsp3) is 0.286. The van der Waals surface area contributed by atoms with Crippen LogP contribution in [0.3, 0.4) is 0 Å². The smallest absolute Gasteiger partial charge is 0.311 e. The third-order valence-electron chi connectivity index (χ3n) is 7.11. The summed E-state index contributed by atoms with van der Waals surface area (Å²) in [6.07, 6.45) is -2.54. The van der Waals surface area contributed by atoms with Gasteiger partial charge in [0, 0.05) is 9.81 Å². The third kappa shape index (κ3) is 9.92. The summed E-state index contributed by atoms with van der Waals surface area (Å²) in [5.41, 5.74) is 11.1. The number of azide groups is 1. The number of nitrogens with zero attached hydrogens (tertiary/aromatic N) is 3. The van der Waals surface area contributed by atoms with E-state index in [1.165, 1.54) is 11.8 Å². The minimum Gasteiger partial charge on any atom is -0.463 e. The van der Waals surface area contributed by atoms with Gasteiger partial charge in [0.25, 0.3) is 0 Å². The van der Waals surface area contributed by atoms with Gasteiger partial charge in [-0.05, 0) is 34.4 Å². The number of benzene rings is 4. The Hall–Kier alpha value is -4.15. The highest BCUT2D eigenvalue weighted by atomic mass is 32.2. The highest BCUT2D eigenvalue weighted by Crippen LogP contribution is 2.38. The molecule has 1 aliphatic heterocycles. The first kappa shape index (κ1) is 32.2. The van der Waals surface area contributed by atoms with Crippen LogP contribution in [0.15, 0.2) is 131 Å². The lowest BCUT2D eigenvalue weighted by Gasteiger charge is -2.45. The number of carbonyl (C=O) groups excluding carboxylic acids is 1. The van der Waals surface area contributed by atoms with Crippen molar-refractivity contribution in [3.05, 3.63) is 148 Å². The fourth-order valence-electron chi connectivity index (χ4n) is 4.92. The van der Waals surface area contributed by atoms with Gasteiger partial charge in [0.1, 0.15) is 43.0 Å². The molecule has 232 valence electrons. The second kappa shape index (κ2) is 17.4. The molecule has 1 saturated heterocycles. The molecule has 0 amide bonds. The maximum Gasteiger partial charge on any atom is 0.311 e. The van der Waals surface area contributed by atoms with E-state index in [4.69, 9.17) is 29.2 Å². The zero-order valence-electron chi connectivity index (χ0n) is 24.7. The van der Waals surface area contributed by atoms with Gasteiger partial charge in [-0.1, -0.05) is 126 Å². The van der Waals surface area contributed by atoms with E-state index in [1.54, 1.807) is 0 Å². The molecule has 5 rings (SSSR count). The molecule has 0 saturated carbocycles. The first-order valence-electron chi connectivity index (χ1n) is 14.7. The van der Waals surface area contributed by atoms with Gasteiger partial charge in [-0.2, -0.15) is 0 Å². The summed E-state index contributed by atoms with van der Waals surface area (Å²) in [6, 6.07) is 39.6. The maximum absolute atomic E-state index is 12.4. The molecule has 0 bridgehead atoms. The molecule has 0 spiro atoms. The lowest BCUT2D eigenvalue weighted by molar-refractivity contribution is -0.253. The Labute approximate surface area is 267 Å². The Kier molecular flexibility index (Phi) is 12.4. The van der Waals surface area contributed by atoms with Crippen LogP contribution in [-0.4, -0.2) is 49.0 Å². The number of thioether (sulfide) groups is 1. The van der Waals surface area contributed by atoms with E-state index >= 15 is 0 Å². The van der Waals surface area contributed by atoms with Crippen LogP contribution in [-0.2, 0) is 48.3 Å². The summed E-state index contributed by atoms with van der Waals surface area (Å²) < 4.78 is 32.1. The van der Waals surface area contributed by atoms with E-state index in [0.29, 0.717) is 13.2 Å². The number of ether oxygens (including phenoxy) is 5. The summed E-state index contributed by atoms with van der Waals surface area (Å²) in [5, 5.41) is 3.33. The lowest BCUT2D eigenvalue weighted by atomic mass is 9.99. The molecule has 4 aromatic carbocycles. The third-order valence-corrected chi connectivity index (χ3v) is 8.27. The van der Waals surface area contributed by atoms with Crippen molar-refractivity contribution in [2.24, 2.45) is 5.11 Å². The first-order chi connectivity index (χ1) is 22.2. The van der Waals surface area contributed by atoms with Crippen molar-refractivity contribution in [3.63, 3.8) is 0 Å². The molecule has 45 heavy (non-hydrogen) atoms. The zero-order valence-corrected chi connectivity index (χ0v) is 25.5. The normalized spacial score (nSPS) is 21.0. The van der Waals surface area contributed by atoms with Crippen molar-refractivity contribution in [2.45, 2.75) is 54.6 Å². The van der Waals surface area contributed by atoms with Crippen LogP contribution in [0.25, 0.3) is 10.4 Å². The quantitative estimate of drug-likeness (QED) is 0.0599. The van der Waals surface area contributed by atoms with Gasteiger partial charge in [0.2, 0.25) is 0 Å². The van der Waals surface area contributed by atoms with Crippen LogP contribution >= 0.6 is 11.8 Å². The Morgan fingerprint density at radius 1 is 0.689 bits per heavy atom. The zero-order chi connectivity index (χ0) is 31.1. The van der Waals surface area contributed by atoms with E-state index < -0.39 is 42.4 Å². The van der Waals surface area contributed by atoms with Gasteiger partial charge < -0.3 is 23.7 Å². The molecule has 0 aromatic heterocycles. The van der Waals surface area contributed by atoms with Gasteiger partial charge >= 0.3 is 5.97 Å². The largest absolute Gasteiger partial charge is 0.463 e. The highest BCUT2D eigenvalue weighted by Gasteiger charge is 2.49. The molecule has 9 nitrogen and oxygen atoms in total. The van der Waals surface area contributed by atoms with Crippen LogP contribution in [0.4, 0.5) is 0 Å². The summed E-state index contributed by atoms with van der Waals surface area (Å²) in [7, 11) is 0. The Morgan fingerprint density at radius 2 is 1.16 bits per heavy atom. The minimum atomic E-state index is -0.706. The molecule has 1 fully saturated rings.